The molecule has 0 spiro atoms. The maximum atomic E-state index is 6.21. The molecule has 1 heterocycles. The van der Waals surface area contributed by atoms with Crippen molar-refractivity contribution in [3.05, 3.63) is 22.7 Å². The van der Waals surface area contributed by atoms with E-state index in [0.29, 0.717) is 24.0 Å². The van der Waals surface area contributed by atoms with Crippen LogP contribution in [-0.4, -0.2) is 45.3 Å². The molecule has 1 aromatic rings. The molecule has 1 aliphatic rings. The van der Waals surface area contributed by atoms with Crippen molar-refractivity contribution in [3.63, 3.8) is 0 Å². The van der Waals surface area contributed by atoms with Gasteiger partial charge in [-0.25, -0.2) is 0 Å². The van der Waals surface area contributed by atoms with Crippen molar-refractivity contribution in [2.24, 2.45) is 0 Å². The summed E-state index contributed by atoms with van der Waals surface area (Å²) in [5.41, 5.74) is 1.13. The SMILES string of the molecule is CN(C)CCCCNCc1cc(Cl)c2c(c1)OCCO2. The van der Waals surface area contributed by atoms with Crippen LogP contribution in [0.2, 0.25) is 5.02 Å². The monoisotopic (exact) mass is 298 g/mol. The van der Waals surface area contributed by atoms with Crippen LogP contribution in [0.1, 0.15) is 18.4 Å². The number of nitrogens with zero attached hydrogens (tertiary/aromatic N) is 1. The molecule has 112 valence electrons. The fraction of sp³-hybridized carbons (Fsp3) is 0.600. The Morgan fingerprint density at radius 1 is 1.20 bits per heavy atom. The van der Waals surface area contributed by atoms with Gasteiger partial charge in [0.05, 0.1) is 5.02 Å². The number of benzene rings is 1. The third-order valence-corrected chi connectivity index (χ3v) is 3.48. The number of hydrogen-bond acceptors (Lipinski definition) is 4. The summed E-state index contributed by atoms with van der Waals surface area (Å²) in [6.07, 6.45) is 2.39. The lowest BCUT2D eigenvalue weighted by Gasteiger charge is -2.20. The Hall–Kier alpha value is -0.970. The van der Waals surface area contributed by atoms with Crippen molar-refractivity contribution < 1.29 is 9.47 Å². The molecule has 4 nitrogen and oxygen atoms in total. The fourth-order valence-corrected chi connectivity index (χ4v) is 2.46. The summed E-state index contributed by atoms with van der Waals surface area (Å²) < 4.78 is 11.1. The highest BCUT2D eigenvalue weighted by atomic mass is 35.5. The highest BCUT2D eigenvalue weighted by Crippen LogP contribution is 2.38. The van der Waals surface area contributed by atoms with Crippen molar-refractivity contribution >= 4 is 11.6 Å². The smallest absolute Gasteiger partial charge is 0.179 e. The Bertz CT molecular complexity index is 438. The van der Waals surface area contributed by atoms with E-state index in [4.69, 9.17) is 21.1 Å². The molecule has 0 radical (unpaired) electrons. The average Bonchev–Trinajstić information content (AvgIpc) is 2.42. The number of rotatable bonds is 7. The minimum Gasteiger partial charge on any atom is -0.486 e. The van der Waals surface area contributed by atoms with Gasteiger partial charge in [0.15, 0.2) is 11.5 Å². The Kier molecular flexibility index (Phi) is 5.95. The second kappa shape index (κ2) is 7.72. The molecule has 2 rings (SSSR count). The predicted molar refractivity (Wildman–Crippen MR) is 81.9 cm³/mol. The Morgan fingerprint density at radius 2 is 2.00 bits per heavy atom. The van der Waals surface area contributed by atoms with E-state index < -0.39 is 0 Å². The van der Waals surface area contributed by atoms with E-state index in [-0.39, 0.29) is 0 Å². The molecule has 1 N–H and O–H groups in total. The summed E-state index contributed by atoms with van der Waals surface area (Å²) >= 11 is 6.21. The number of ether oxygens (including phenoxy) is 2. The zero-order valence-corrected chi connectivity index (χ0v) is 13.0. The van der Waals surface area contributed by atoms with Crippen molar-refractivity contribution in [3.8, 4) is 11.5 Å². The number of fused-ring (bicyclic) bond motifs is 1. The third kappa shape index (κ3) is 4.54. The van der Waals surface area contributed by atoms with Gasteiger partial charge >= 0.3 is 0 Å². The maximum absolute atomic E-state index is 6.21. The van der Waals surface area contributed by atoms with Crippen LogP contribution >= 0.6 is 11.6 Å². The van der Waals surface area contributed by atoms with Crippen LogP contribution in [0, 0.1) is 0 Å². The number of hydrogen-bond donors (Lipinski definition) is 1. The fourth-order valence-electron chi connectivity index (χ4n) is 2.18. The largest absolute Gasteiger partial charge is 0.486 e. The molecule has 0 saturated heterocycles. The quantitative estimate of drug-likeness (QED) is 0.785. The van der Waals surface area contributed by atoms with Crippen LogP contribution in [0.3, 0.4) is 0 Å². The zero-order chi connectivity index (χ0) is 14.4. The molecule has 0 aliphatic carbocycles. The van der Waals surface area contributed by atoms with Gasteiger partial charge in [0, 0.05) is 6.54 Å². The summed E-state index contributed by atoms with van der Waals surface area (Å²) in [5, 5.41) is 4.07. The van der Waals surface area contributed by atoms with Crippen LogP contribution in [0.15, 0.2) is 12.1 Å². The lowest BCUT2D eigenvalue weighted by molar-refractivity contribution is 0.171. The minimum atomic E-state index is 0.566. The van der Waals surface area contributed by atoms with E-state index >= 15 is 0 Å². The molecule has 1 aromatic carbocycles. The Balaban J connectivity index is 1.77. The topological polar surface area (TPSA) is 33.7 Å². The number of halogens is 1. The Morgan fingerprint density at radius 3 is 2.80 bits per heavy atom. The zero-order valence-electron chi connectivity index (χ0n) is 12.2. The normalized spacial score (nSPS) is 13.8. The third-order valence-electron chi connectivity index (χ3n) is 3.19. The van der Waals surface area contributed by atoms with E-state index in [1.807, 2.05) is 12.1 Å². The second-order valence-corrected chi connectivity index (χ2v) is 5.70. The highest BCUT2D eigenvalue weighted by Gasteiger charge is 2.16. The summed E-state index contributed by atoms with van der Waals surface area (Å²) in [4.78, 5) is 2.21. The van der Waals surface area contributed by atoms with E-state index in [1.54, 1.807) is 0 Å². The van der Waals surface area contributed by atoms with Gasteiger partial charge in [0.1, 0.15) is 13.2 Å². The van der Waals surface area contributed by atoms with Gasteiger partial charge in [-0.05, 0) is 57.7 Å². The summed E-state index contributed by atoms with van der Waals surface area (Å²) in [6, 6.07) is 3.95. The Labute approximate surface area is 126 Å². The van der Waals surface area contributed by atoms with Crippen LogP contribution in [-0.2, 0) is 6.54 Å². The van der Waals surface area contributed by atoms with Crippen molar-refractivity contribution in [1.29, 1.82) is 0 Å². The van der Waals surface area contributed by atoms with Crippen molar-refractivity contribution in [2.45, 2.75) is 19.4 Å². The van der Waals surface area contributed by atoms with E-state index in [1.165, 1.54) is 12.8 Å². The highest BCUT2D eigenvalue weighted by molar-refractivity contribution is 6.32. The van der Waals surface area contributed by atoms with Crippen LogP contribution in [0.25, 0.3) is 0 Å². The van der Waals surface area contributed by atoms with Crippen LogP contribution in [0.5, 0.6) is 11.5 Å². The number of unbranched alkanes of at least 4 members (excludes halogenated alkanes) is 1. The first-order valence-electron chi connectivity index (χ1n) is 7.10. The van der Waals surface area contributed by atoms with Gasteiger partial charge in [-0.15, -0.1) is 0 Å². The van der Waals surface area contributed by atoms with Crippen LogP contribution < -0.4 is 14.8 Å². The van der Waals surface area contributed by atoms with Gasteiger partial charge < -0.3 is 19.7 Å². The van der Waals surface area contributed by atoms with Gasteiger partial charge in [-0.3, -0.25) is 0 Å². The van der Waals surface area contributed by atoms with Crippen molar-refractivity contribution in [1.82, 2.24) is 10.2 Å². The molecule has 0 bridgehead atoms. The van der Waals surface area contributed by atoms with Gasteiger partial charge in [0.25, 0.3) is 0 Å². The first-order valence-corrected chi connectivity index (χ1v) is 7.48. The van der Waals surface area contributed by atoms with E-state index in [9.17, 15) is 0 Å². The van der Waals surface area contributed by atoms with Crippen LogP contribution in [0.4, 0.5) is 0 Å². The number of nitrogens with one attached hydrogen (secondary N) is 1. The molecular weight excluding hydrogens is 276 g/mol. The average molecular weight is 299 g/mol. The van der Waals surface area contributed by atoms with Gasteiger partial charge in [-0.1, -0.05) is 11.6 Å². The molecule has 1 aliphatic heterocycles. The first-order chi connectivity index (χ1) is 9.66. The lowest BCUT2D eigenvalue weighted by atomic mass is 10.2. The maximum Gasteiger partial charge on any atom is 0.179 e. The van der Waals surface area contributed by atoms with Crippen molar-refractivity contribution in [2.75, 3.05) is 40.4 Å². The summed E-state index contributed by atoms with van der Waals surface area (Å²) in [5.74, 6) is 1.43. The second-order valence-electron chi connectivity index (χ2n) is 5.29. The molecular formula is C15H23ClN2O2. The summed E-state index contributed by atoms with van der Waals surface area (Å²) in [6.45, 7) is 4.11. The molecule has 5 heteroatoms. The standard InChI is InChI=1S/C15H23ClN2O2/c1-18(2)6-4-3-5-17-11-12-9-13(16)15-14(10-12)19-7-8-20-15/h9-10,17H,3-8,11H2,1-2H3. The molecule has 0 saturated carbocycles. The molecule has 0 aromatic heterocycles. The summed E-state index contributed by atoms with van der Waals surface area (Å²) in [7, 11) is 4.20. The predicted octanol–water partition coefficient (Wildman–Crippen LogP) is 2.54. The van der Waals surface area contributed by atoms with Gasteiger partial charge in [-0.2, -0.15) is 0 Å². The lowest BCUT2D eigenvalue weighted by Crippen LogP contribution is -2.19. The molecule has 20 heavy (non-hydrogen) atoms. The van der Waals surface area contributed by atoms with Gasteiger partial charge in [0.2, 0.25) is 0 Å². The minimum absolute atomic E-state index is 0.566. The van der Waals surface area contributed by atoms with E-state index in [0.717, 1.165) is 30.9 Å². The molecule has 0 fully saturated rings. The first kappa shape index (κ1) is 15.4. The molecule has 0 atom stereocenters. The molecule has 0 amide bonds. The molecule has 0 unspecified atom stereocenters. The van der Waals surface area contributed by atoms with E-state index in [2.05, 4.69) is 24.3 Å².